The molecule has 1 amide bonds. The summed E-state index contributed by atoms with van der Waals surface area (Å²) in [5, 5.41) is 2.63. The molecule has 0 aliphatic heterocycles. The molecule has 0 aliphatic rings. The van der Waals surface area contributed by atoms with Gasteiger partial charge in [0.05, 0.1) is 37.5 Å². The fourth-order valence-electron chi connectivity index (χ4n) is 3.19. The number of ether oxygens (including phenoxy) is 3. The quantitative estimate of drug-likeness (QED) is 0.464. The number of amides is 1. The molecule has 3 rings (SSSR count). The number of hydrogen-bond acceptors (Lipinski definition) is 7. The van der Waals surface area contributed by atoms with Gasteiger partial charge in [0.1, 0.15) is 6.54 Å². The van der Waals surface area contributed by atoms with Crippen molar-refractivity contribution in [2.24, 2.45) is 0 Å². The third-order valence-corrected chi connectivity index (χ3v) is 6.63. The Morgan fingerprint density at radius 3 is 2.21 bits per heavy atom. The maximum absolute atomic E-state index is 13.5. The number of nitrogens with zero attached hydrogens (tertiary/aromatic N) is 1. The summed E-state index contributed by atoms with van der Waals surface area (Å²) < 4.78 is 43.1. The number of sulfonamides is 1. The summed E-state index contributed by atoms with van der Waals surface area (Å²) >= 11 is 0. The lowest BCUT2D eigenvalue weighted by molar-refractivity contribution is -0.114. The monoisotopic (exact) mass is 484 g/mol. The van der Waals surface area contributed by atoms with Gasteiger partial charge in [-0.25, -0.2) is 13.2 Å². The number of hydrogen-bond donors (Lipinski definition) is 1. The van der Waals surface area contributed by atoms with Crippen molar-refractivity contribution in [1.29, 1.82) is 0 Å². The lowest BCUT2D eigenvalue weighted by atomic mass is 10.2. The van der Waals surface area contributed by atoms with Gasteiger partial charge >= 0.3 is 5.97 Å². The van der Waals surface area contributed by atoms with E-state index in [1.165, 1.54) is 57.7 Å². The number of rotatable bonds is 9. The molecule has 0 spiro atoms. The van der Waals surface area contributed by atoms with Crippen LogP contribution in [0.1, 0.15) is 10.4 Å². The summed E-state index contributed by atoms with van der Waals surface area (Å²) in [5.74, 6) is -0.460. The van der Waals surface area contributed by atoms with Crippen LogP contribution >= 0.6 is 0 Å². The first-order chi connectivity index (χ1) is 16.3. The SMILES string of the molecule is COC(=O)c1cccc(NC(=O)CN(c2ccc(OC)c(OC)c2)S(=O)(=O)c2ccccc2)c1. The fraction of sp³-hybridized carbons (Fsp3) is 0.167. The molecule has 0 unspecified atom stereocenters. The van der Waals surface area contributed by atoms with Gasteiger partial charge in [0.15, 0.2) is 11.5 Å². The molecule has 0 bridgehead atoms. The number of nitrogens with one attached hydrogen (secondary N) is 1. The topological polar surface area (TPSA) is 111 Å². The first-order valence-electron chi connectivity index (χ1n) is 10.1. The smallest absolute Gasteiger partial charge is 0.337 e. The van der Waals surface area contributed by atoms with Gasteiger partial charge in [-0.15, -0.1) is 0 Å². The van der Waals surface area contributed by atoms with Gasteiger partial charge in [-0.1, -0.05) is 24.3 Å². The number of anilines is 2. The molecule has 0 saturated carbocycles. The summed E-state index contributed by atoms with van der Waals surface area (Å²) in [7, 11) is 0.0369. The van der Waals surface area contributed by atoms with Gasteiger partial charge < -0.3 is 19.5 Å². The molecule has 0 aromatic heterocycles. The van der Waals surface area contributed by atoms with Crippen LogP contribution in [0, 0.1) is 0 Å². The molecule has 0 aliphatic carbocycles. The number of carbonyl (C=O) groups excluding carboxylic acids is 2. The first kappa shape index (κ1) is 24.6. The number of carbonyl (C=O) groups is 2. The van der Waals surface area contributed by atoms with Crippen molar-refractivity contribution >= 4 is 33.3 Å². The molecule has 9 nitrogen and oxygen atoms in total. The highest BCUT2D eigenvalue weighted by molar-refractivity contribution is 7.92. The van der Waals surface area contributed by atoms with Gasteiger partial charge in [-0.3, -0.25) is 9.10 Å². The van der Waals surface area contributed by atoms with Crippen LogP contribution < -0.4 is 19.1 Å². The predicted octanol–water partition coefficient (Wildman–Crippen LogP) is 3.32. The van der Waals surface area contributed by atoms with E-state index in [2.05, 4.69) is 5.32 Å². The molecule has 0 fully saturated rings. The van der Waals surface area contributed by atoms with Crippen molar-refractivity contribution in [2.45, 2.75) is 4.90 Å². The molecular weight excluding hydrogens is 460 g/mol. The fourth-order valence-corrected chi connectivity index (χ4v) is 4.62. The Morgan fingerprint density at radius 1 is 0.853 bits per heavy atom. The number of methoxy groups -OCH3 is 3. The number of esters is 1. The Morgan fingerprint density at radius 2 is 1.56 bits per heavy atom. The van der Waals surface area contributed by atoms with Crippen LogP contribution in [-0.2, 0) is 19.6 Å². The Labute approximate surface area is 197 Å². The summed E-state index contributed by atoms with van der Waals surface area (Å²) in [6, 6.07) is 18.5. The number of benzene rings is 3. The second-order valence-electron chi connectivity index (χ2n) is 6.98. The minimum absolute atomic E-state index is 0.0188. The van der Waals surface area contributed by atoms with E-state index in [0.717, 1.165) is 4.31 Å². The summed E-state index contributed by atoms with van der Waals surface area (Å²) in [5.41, 5.74) is 0.770. The molecule has 0 atom stereocenters. The maximum Gasteiger partial charge on any atom is 0.337 e. The van der Waals surface area contributed by atoms with Crippen LogP contribution in [0.2, 0.25) is 0 Å². The summed E-state index contributed by atoms with van der Waals surface area (Å²) in [6.07, 6.45) is 0. The Kier molecular flexibility index (Phi) is 7.75. The molecule has 3 aromatic carbocycles. The van der Waals surface area contributed by atoms with Crippen LogP contribution in [0.25, 0.3) is 0 Å². The Hall–Kier alpha value is -4.05. The minimum atomic E-state index is -4.11. The van der Waals surface area contributed by atoms with Crippen LogP contribution in [0.15, 0.2) is 77.7 Å². The summed E-state index contributed by atoms with van der Waals surface area (Å²) in [6.45, 7) is -0.533. The van der Waals surface area contributed by atoms with Crippen molar-refractivity contribution in [3.63, 3.8) is 0 Å². The average molecular weight is 485 g/mol. The van der Waals surface area contributed by atoms with Crippen LogP contribution in [0.3, 0.4) is 0 Å². The lowest BCUT2D eigenvalue weighted by Crippen LogP contribution is -2.38. The van der Waals surface area contributed by atoms with E-state index < -0.39 is 28.4 Å². The molecule has 0 saturated heterocycles. The molecule has 0 heterocycles. The van der Waals surface area contributed by atoms with E-state index >= 15 is 0 Å². The van der Waals surface area contributed by atoms with Crippen molar-refractivity contribution in [3.8, 4) is 11.5 Å². The van der Waals surface area contributed by atoms with E-state index in [0.29, 0.717) is 17.2 Å². The third-order valence-electron chi connectivity index (χ3n) is 4.84. The van der Waals surface area contributed by atoms with E-state index in [1.54, 1.807) is 36.4 Å². The molecule has 10 heteroatoms. The molecule has 34 heavy (non-hydrogen) atoms. The van der Waals surface area contributed by atoms with E-state index in [1.807, 2.05) is 0 Å². The highest BCUT2D eigenvalue weighted by atomic mass is 32.2. The molecule has 178 valence electrons. The zero-order valence-corrected chi connectivity index (χ0v) is 19.7. The van der Waals surface area contributed by atoms with Crippen molar-refractivity contribution in [2.75, 3.05) is 37.5 Å². The maximum atomic E-state index is 13.5. The van der Waals surface area contributed by atoms with E-state index in [4.69, 9.17) is 14.2 Å². The highest BCUT2D eigenvalue weighted by Gasteiger charge is 2.28. The second-order valence-corrected chi connectivity index (χ2v) is 8.85. The van der Waals surface area contributed by atoms with Crippen molar-refractivity contribution in [1.82, 2.24) is 0 Å². The Balaban J connectivity index is 1.96. The standard InChI is InChI=1S/C24H24N2O7S/c1-31-21-13-12-19(15-22(21)32-2)26(34(29,30)20-10-5-4-6-11-20)16-23(27)25-18-9-7-8-17(14-18)24(28)33-3/h4-15H,16H2,1-3H3,(H,25,27). The normalized spacial score (nSPS) is 10.8. The average Bonchev–Trinajstić information content (AvgIpc) is 2.86. The molecule has 0 radical (unpaired) electrons. The third kappa shape index (κ3) is 5.46. The lowest BCUT2D eigenvalue weighted by Gasteiger charge is -2.25. The van der Waals surface area contributed by atoms with Gasteiger partial charge in [-0.05, 0) is 42.5 Å². The molecular formula is C24H24N2O7S. The van der Waals surface area contributed by atoms with E-state index in [-0.39, 0.29) is 16.1 Å². The second kappa shape index (κ2) is 10.7. The van der Waals surface area contributed by atoms with Gasteiger partial charge in [0, 0.05) is 11.8 Å². The van der Waals surface area contributed by atoms with Gasteiger partial charge in [-0.2, -0.15) is 0 Å². The first-order valence-corrected chi connectivity index (χ1v) is 11.5. The van der Waals surface area contributed by atoms with E-state index in [9.17, 15) is 18.0 Å². The van der Waals surface area contributed by atoms with Crippen LogP contribution in [-0.4, -0.2) is 48.2 Å². The molecule has 3 aromatic rings. The van der Waals surface area contributed by atoms with Crippen molar-refractivity contribution < 1.29 is 32.2 Å². The highest BCUT2D eigenvalue weighted by Crippen LogP contribution is 2.33. The zero-order valence-electron chi connectivity index (χ0n) is 18.8. The Bertz CT molecular complexity index is 1280. The summed E-state index contributed by atoms with van der Waals surface area (Å²) in [4.78, 5) is 24.7. The minimum Gasteiger partial charge on any atom is -0.493 e. The van der Waals surface area contributed by atoms with Gasteiger partial charge in [0.2, 0.25) is 5.91 Å². The van der Waals surface area contributed by atoms with Crippen molar-refractivity contribution in [3.05, 3.63) is 78.4 Å². The predicted molar refractivity (Wildman–Crippen MR) is 127 cm³/mol. The van der Waals surface area contributed by atoms with Gasteiger partial charge in [0.25, 0.3) is 10.0 Å². The largest absolute Gasteiger partial charge is 0.493 e. The zero-order chi connectivity index (χ0) is 24.7. The van der Waals surface area contributed by atoms with Crippen LogP contribution in [0.4, 0.5) is 11.4 Å². The van der Waals surface area contributed by atoms with Crippen LogP contribution in [0.5, 0.6) is 11.5 Å². The molecule has 1 N–H and O–H groups in total.